The minimum absolute atomic E-state index is 0. The Hall–Kier alpha value is -7.19. The largest absolute Gasteiger partial charge is 1.00 e. The van der Waals surface area contributed by atoms with Crippen LogP contribution in [0.25, 0.3) is 12.2 Å². The number of anilines is 4. The third kappa shape index (κ3) is 11.0. The topological polar surface area (TPSA) is 479 Å². The SMILES string of the molecule is Nc1ccc2c(c1)C=C(S(=O)(=O)O)/C(=N/Nc1cc([N+](=O)[O-])cc(S(=O)(=O)O)c1O)C2=O.Nc1ccc2c(c1)C=C(S(=O)(=O)O)C(=NNc1cc([N+](=O)[O-])cc(S(=O)(=O)O)c1O)C2=O.[Cr].[H+].[H+].[H+].[H+].[H+]. The number of nitrogens with one attached hydrogen (secondary N) is 2. The van der Waals surface area contributed by atoms with Crippen molar-refractivity contribution in [3.05, 3.63) is 113 Å². The van der Waals surface area contributed by atoms with E-state index >= 15 is 0 Å². The molecular formula is C32H29CrN8O20S4+5. The van der Waals surface area contributed by atoms with Gasteiger partial charge in [0.25, 0.3) is 51.8 Å². The number of non-ortho nitro benzene ring substituents is 2. The van der Waals surface area contributed by atoms with Gasteiger partial charge in [0.05, 0.1) is 9.85 Å². The summed E-state index contributed by atoms with van der Waals surface area (Å²) in [5, 5.41) is 49.2. The molecule has 2 aliphatic carbocycles. The van der Waals surface area contributed by atoms with Crippen molar-refractivity contribution in [3.8, 4) is 11.5 Å². The Morgan fingerprint density at radius 3 is 1.15 bits per heavy atom. The summed E-state index contributed by atoms with van der Waals surface area (Å²) in [6.45, 7) is 0. The zero-order chi connectivity index (χ0) is 48.0. The van der Waals surface area contributed by atoms with Crippen molar-refractivity contribution in [2.24, 2.45) is 10.2 Å². The Morgan fingerprint density at radius 2 is 0.877 bits per heavy atom. The van der Waals surface area contributed by atoms with Crippen molar-refractivity contribution in [2.45, 2.75) is 9.79 Å². The standard InChI is InChI=1S/2C16H12N4O10S2.Cr/c2*17-8-1-2-10-7(3-8)4-12(31(25,26)27)14(15(10)21)19-18-11-5-9(20(23)24)6-13(16(11)22)32(28,29)30;/h2*1-6,18,22H,17H2,(H,25,26,27)(H,28,29,30);/p+5/b19-14-;;. The Morgan fingerprint density at radius 1 is 0.554 bits per heavy atom. The van der Waals surface area contributed by atoms with Gasteiger partial charge >= 0.3 is 7.13 Å². The van der Waals surface area contributed by atoms with Gasteiger partial charge in [0.15, 0.2) is 22.9 Å². The Labute approximate surface area is 381 Å². The molecule has 0 aromatic heterocycles. The van der Waals surface area contributed by atoms with E-state index < -0.39 is 127 Å². The number of nitrogens with two attached hydrogens (primary N) is 2. The number of phenols is 2. The molecule has 4 aromatic carbocycles. The van der Waals surface area contributed by atoms with Crippen LogP contribution < -0.4 is 22.3 Å². The number of benzene rings is 4. The van der Waals surface area contributed by atoms with Crippen LogP contribution in [0, 0.1) is 20.2 Å². The third-order valence-electron chi connectivity index (χ3n) is 8.34. The van der Waals surface area contributed by atoms with Crippen molar-refractivity contribution in [3.63, 3.8) is 0 Å². The number of hydrogen-bond acceptors (Lipinski definition) is 22. The molecule has 342 valence electrons. The number of hydrogen-bond donors (Lipinski definition) is 10. The molecule has 12 N–H and O–H groups in total. The van der Waals surface area contributed by atoms with Crippen LogP contribution in [0.15, 0.2) is 90.5 Å². The van der Waals surface area contributed by atoms with Crippen LogP contribution in [-0.4, -0.2) is 94.9 Å². The van der Waals surface area contributed by atoms with Crippen molar-refractivity contribution < 1.29 is 106 Å². The first-order chi connectivity index (χ1) is 29.4. The molecule has 0 unspecified atom stereocenters. The van der Waals surface area contributed by atoms with E-state index in [0.29, 0.717) is 24.3 Å². The van der Waals surface area contributed by atoms with Gasteiger partial charge in [0.1, 0.15) is 31.0 Å². The predicted molar refractivity (Wildman–Crippen MR) is 226 cm³/mol. The van der Waals surface area contributed by atoms with E-state index in [-0.39, 0.29) is 58.1 Å². The van der Waals surface area contributed by atoms with Crippen LogP contribution in [-0.2, 0) is 57.8 Å². The Balaban J connectivity index is 0. The molecule has 0 aliphatic heterocycles. The molecule has 6 rings (SSSR count). The van der Waals surface area contributed by atoms with Crippen molar-refractivity contribution in [1.29, 1.82) is 0 Å². The predicted octanol–water partition coefficient (Wildman–Crippen LogP) is 2.60. The smallest absolute Gasteiger partial charge is 0.504 e. The number of nitro benzene ring substituents is 2. The van der Waals surface area contributed by atoms with Gasteiger partial charge in [-0.1, -0.05) is 0 Å². The van der Waals surface area contributed by atoms with Crippen molar-refractivity contribution in [2.75, 3.05) is 22.3 Å². The van der Waals surface area contributed by atoms with Gasteiger partial charge in [-0.25, -0.2) is 0 Å². The van der Waals surface area contributed by atoms with E-state index in [1.165, 1.54) is 36.4 Å². The second-order valence-electron chi connectivity index (χ2n) is 12.6. The van der Waals surface area contributed by atoms with Gasteiger partial charge < -0.3 is 21.7 Å². The molecule has 2 aliphatic rings. The molecule has 33 heteroatoms. The summed E-state index contributed by atoms with van der Waals surface area (Å²) in [5.41, 5.74) is 10.5. The molecule has 0 atom stereocenters. The summed E-state index contributed by atoms with van der Waals surface area (Å²) in [4.78, 5) is 41.2. The van der Waals surface area contributed by atoms with E-state index in [0.717, 1.165) is 12.2 Å². The summed E-state index contributed by atoms with van der Waals surface area (Å²) in [7, 11) is -20.2. The van der Waals surface area contributed by atoms with E-state index in [4.69, 9.17) is 11.5 Å². The summed E-state index contributed by atoms with van der Waals surface area (Å²) in [6, 6.07) is 9.75. The normalized spacial score (nSPS) is 15.0. The Bertz CT molecular complexity index is 3180. The number of nitro groups is 2. The summed E-state index contributed by atoms with van der Waals surface area (Å²) < 4.78 is 130. The van der Waals surface area contributed by atoms with Gasteiger partial charge in [0.2, 0.25) is 11.6 Å². The van der Waals surface area contributed by atoms with E-state index in [1.54, 1.807) is 0 Å². The maximum atomic E-state index is 12.8. The minimum Gasteiger partial charge on any atom is -0.504 e. The number of hydrazone groups is 2. The summed E-state index contributed by atoms with van der Waals surface area (Å²) in [6.07, 6.45) is 1.81. The number of rotatable bonds is 10. The fourth-order valence-corrected chi connectivity index (χ4v) is 8.08. The number of allylic oxidation sites excluding steroid dienone is 2. The second-order valence-corrected chi connectivity index (χ2v) is 18.2. The molecule has 0 bridgehead atoms. The molecule has 0 saturated heterocycles. The molecule has 0 spiro atoms. The summed E-state index contributed by atoms with van der Waals surface area (Å²) >= 11 is 0. The maximum absolute atomic E-state index is 12.8. The molecule has 0 heterocycles. The van der Waals surface area contributed by atoms with E-state index in [2.05, 4.69) is 10.2 Å². The number of fused-ring (bicyclic) bond motifs is 2. The first-order valence-corrected chi connectivity index (χ1v) is 22.1. The van der Waals surface area contributed by atoms with Crippen LogP contribution >= 0.6 is 0 Å². The number of Topliss-reactive ketones (excluding diaryl/α,β-unsaturated/α-hetero) is 2. The van der Waals surface area contributed by atoms with Crippen LogP contribution in [0.2, 0.25) is 0 Å². The van der Waals surface area contributed by atoms with Crippen LogP contribution in [0.1, 0.15) is 39.0 Å². The van der Waals surface area contributed by atoms with Gasteiger partial charge in [-0.2, -0.15) is 43.9 Å². The molecule has 4 aromatic rings. The fraction of sp³-hybridized carbons (Fsp3) is 0. The Kier molecular flexibility index (Phi) is 14.1. The molecule has 0 fully saturated rings. The van der Waals surface area contributed by atoms with Gasteiger partial charge in [-0.3, -0.25) is 58.9 Å². The minimum atomic E-state index is -5.11. The average molecular weight is 1030 g/mol. The molecular weight excluding hydrogens is 997 g/mol. The number of carbonyl (C=O) groups is 2. The number of phenolic OH excluding ortho intramolecular Hbond substituents is 2. The first kappa shape index (κ1) is 50.5. The van der Waals surface area contributed by atoms with Gasteiger partial charge in [-0.05, 0) is 59.7 Å². The van der Waals surface area contributed by atoms with Crippen molar-refractivity contribution in [1.82, 2.24) is 0 Å². The monoisotopic (exact) mass is 1020 g/mol. The first-order valence-electron chi connectivity index (χ1n) is 16.3. The summed E-state index contributed by atoms with van der Waals surface area (Å²) in [5.74, 6) is -4.39. The number of nitrogens with zero attached hydrogens (tertiary/aromatic N) is 4. The van der Waals surface area contributed by atoms with E-state index in [9.17, 15) is 91.9 Å². The van der Waals surface area contributed by atoms with Crippen molar-refractivity contribution >= 4 is 110 Å². The van der Waals surface area contributed by atoms with Crippen LogP contribution in [0.5, 0.6) is 11.5 Å². The zero-order valence-corrected chi connectivity index (χ0v) is 35.9. The average Bonchev–Trinajstić information content (AvgIpc) is 3.16. The molecule has 0 radical (unpaired) electrons. The van der Waals surface area contributed by atoms with Gasteiger partial charge in [-0.15, -0.1) is 0 Å². The van der Waals surface area contributed by atoms with Crippen LogP contribution in [0.3, 0.4) is 0 Å². The molecule has 0 amide bonds. The quantitative estimate of drug-likeness (QED) is 0.0359. The number of ketones is 2. The van der Waals surface area contributed by atoms with Gasteiger partial charge in [0, 0.05) is 64.1 Å². The third-order valence-corrected chi connectivity index (χ3v) is 11.8. The molecule has 65 heavy (non-hydrogen) atoms. The van der Waals surface area contributed by atoms with E-state index in [1.807, 2.05) is 10.9 Å². The number of nitrogen functional groups attached to an aromatic ring is 2. The van der Waals surface area contributed by atoms with Crippen LogP contribution in [0.4, 0.5) is 34.1 Å². The molecule has 28 nitrogen and oxygen atoms in total. The zero-order valence-electron chi connectivity index (χ0n) is 36.3. The maximum Gasteiger partial charge on any atom is 1.00 e. The molecule has 0 saturated carbocycles. The fourth-order valence-electron chi connectivity index (χ4n) is 5.51. The number of aromatic hydroxyl groups is 2. The number of carbonyl (C=O) groups excluding carboxylic acids is 2. The second kappa shape index (κ2) is 18.1.